The molecule has 0 fully saturated rings. The Bertz CT molecular complexity index is 437. The third-order valence-corrected chi connectivity index (χ3v) is 2.37. The first-order valence-electron chi connectivity index (χ1n) is 4.04. The second-order valence-corrected chi connectivity index (χ2v) is 3.18. The van der Waals surface area contributed by atoms with Crippen molar-refractivity contribution in [3.63, 3.8) is 0 Å². The van der Waals surface area contributed by atoms with Gasteiger partial charge in [-0.05, 0) is 28.5 Å². The van der Waals surface area contributed by atoms with Crippen molar-refractivity contribution in [1.82, 2.24) is 0 Å². The van der Waals surface area contributed by atoms with Gasteiger partial charge in [-0.2, -0.15) is 0 Å². The van der Waals surface area contributed by atoms with E-state index >= 15 is 0 Å². The van der Waals surface area contributed by atoms with Crippen LogP contribution in [0.25, 0.3) is 10.8 Å². The molecule has 0 aromatic heterocycles. The van der Waals surface area contributed by atoms with E-state index in [0.29, 0.717) is 5.88 Å². The Hall–Kier alpha value is -1.08. The number of hydrogen-bond donors (Lipinski definition) is 0. The number of halogens is 2. The quantitative estimate of drug-likeness (QED) is 0.607. The van der Waals surface area contributed by atoms with Gasteiger partial charge >= 0.3 is 0 Å². The van der Waals surface area contributed by atoms with Gasteiger partial charge in [-0.25, -0.2) is 4.39 Å². The van der Waals surface area contributed by atoms with Crippen LogP contribution in [0.15, 0.2) is 36.4 Å². The van der Waals surface area contributed by atoms with E-state index in [9.17, 15) is 4.39 Å². The van der Waals surface area contributed by atoms with Crippen LogP contribution in [0.3, 0.4) is 0 Å². The highest BCUT2D eigenvalue weighted by molar-refractivity contribution is 6.18. The van der Waals surface area contributed by atoms with Crippen LogP contribution in [-0.4, -0.2) is 0 Å². The maximum absolute atomic E-state index is 12.9. The van der Waals surface area contributed by atoms with E-state index in [4.69, 9.17) is 11.6 Å². The molecule has 2 rings (SSSR count). The van der Waals surface area contributed by atoms with Crippen molar-refractivity contribution >= 4 is 22.4 Å². The SMILES string of the molecule is Fc1ccc2cccc(CCl)c2c1. The second-order valence-electron chi connectivity index (χ2n) is 2.92. The van der Waals surface area contributed by atoms with Gasteiger partial charge in [0.15, 0.2) is 0 Å². The maximum atomic E-state index is 12.9. The molecule has 0 N–H and O–H groups in total. The van der Waals surface area contributed by atoms with Gasteiger partial charge in [0, 0.05) is 5.88 Å². The molecular formula is C11H8ClF. The van der Waals surface area contributed by atoms with Crippen LogP contribution in [0.1, 0.15) is 5.56 Å². The Kier molecular flexibility index (Phi) is 2.19. The molecule has 0 spiro atoms. The largest absolute Gasteiger partial charge is 0.207 e. The third-order valence-electron chi connectivity index (χ3n) is 2.08. The third kappa shape index (κ3) is 1.52. The van der Waals surface area contributed by atoms with E-state index in [1.54, 1.807) is 6.07 Å². The van der Waals surface area contributed by atoms with Gasteiger partial charge in [0.05, 0.1) is 0 Å². The highest BCUT2D eigenvalue weighted by Crippen LogP contribution is 2.21. The summed E-state index contributed by atoms with van der Waals surface area (Å²) in [5.74, 6) is 0.200. The molecule has 0 saturated heterocycles. The Labute approximate surface area is 80.9 Å². The predicted octanol–water partition coefficient (Wildman–Crippen LogP) is 3.72. The summed E-state index contributed by atoms with van der Waals surface area (Å²) in [6.07, 6.45) is 0. The first-order valence-corrected chi connectivity index (χ1v) is 4.58. The van der Waals surface area contributed by atoms with Gasteiger partial charge in [-0.3, -0.25) is 0 Å². The molecule has 0 radical (unpaired) electrons. The van der Waals surface area contributed by atoms with Crippen LogP contribution in [0, 0.1) is 5.82 Å². The lowest BCUT2D eigenvalue weighted by Gasteiger charge is -2.02. The Morgan fingerprint density at radius 3 is 2.77 bits per heavy atom. The normalized spacial score (nSPS) is 10.6. The standard InChI is InChI=1S/C11H8ClF/c12-7-9-3-1-2-8-4-5-10(13)6-11(8)9/h1-6H,7H2. The van der Waals surface area contributed by atoms with Crippen molar-refractivity contribution in [2.75, 3.05) is 0 Å². The maximum Gasteiger partial charge on any atom is 0.123 e. The summed E-state index contributed by atoms with van der Waals surface area (Å²) in [5.41, 5.74) is 0.971. The van der Waals surface area contributed by atoms with Crippen LogP contribution in [0.2, 0.25) is 0 Å². The molecule has 0 unspecified atom stereocenters. The first kappa shape index (κ1) is 8.52. The van der Waals surface area contributed by atoms with Crippen LogP contribution in [0.4, 0.5) is 4.39 Å². The summed E-state index contributed by atoms with van der Waals surface area (Å²) >= 11 is 5.74. The summed E-state index contributed by atoms with van der Waals surface area (Å²) in [4.78, 5) is 0. The van der Waals surface area contributed by atoms with E-state index in [-0.39, 0.29) is 5.82 Å². The molecule has 0 heterocycles. The van der Waals surface area contributed by atoms with Crippen molar-refractivity contribution in [2.45, 2.75) is 5.88 Å². The lowest BCUT2D eigenvalue weighted by Crippen LogP contribution is -1.82. The van der Waals surface area contributed by atoms with Crippen molar-refractivity contribution in [3.05, 3.63) is 47.8 Å². The molecule has 0 nitrogen and oxygen atoms in total. The number of fused-ring (bicyclic) bond motifs is 1. The molecule has 13 heavy (non-hydrogen) atoms. The van der Waals surface area contributed by atoms with E-state index in [1.807, 2.05) is 18.2 Å². The zero-order chi connectivity index (χ0) is 9.26. The van der Waals surface area contributed by atoms with Gasteiger partial charge in [0.25, 0.3) is 0 Å². The highest BCUT2D eigenvalue weighted by atomic mass is 35.5. The molecule has 0 bridgehead atoms. The summed E-state index contributed by atoms with van der Waals surface area (Å²) in [7, 11) is 0. The Morgan fingerprint density at radius 1 is 1.15 bits per heavy atom. The highest BCUT2D eigenvalue weighted by Gasteiger charge is 2.00. The fourth-order valence-corrected chi connectivity index (χ4v) is 1.66. The molecule has 0 amide bonds. The number of rotatable bonds is 1. The van der Waals surface area contributed by atoms with Crippen LogP contribution < -0.4 is 0 Å². The minimum absolute atomic E-state index is 0.218. The van der Waals surface area contributed by atoms with E-state index in [2.05, 4.69) is 0 Å². The van der Waals surface area contributed by atoms with Gasteiger partial charge in [-0.1, -0.05) is 24.3 Å². The molecule has 0 aliphatic heterocycles. The second kappa shape index (κ2) is 3.35. The zero-order valence-electron chi connectivity index (χ0n) is 6.93. The summed E-state index contributed by atoms with van der Waals surface area (Å²) < 4.78 is 12.9. The lowest BCUT2D eigenvalue weighted by molar-refractivity contribution is 0.629. The molecule has 2 aromatic rings. The average Bonchev–Trinajstić information content (AvgIpc) is 2.17. The number of benzene rings is 2. The van der Waals surface area contributed by atoms with Crippen LogP contribution >= 0.6 is 11.6 Å². The van der Waals surface area contributed by atoms with Crippen LogP contribution in [-0.2, 0) is 5.88 Å². The van der Waals surface area contributed by atoms with E-state index < -0.39 is 0 Å². The Balaban J connectivity index is 2.79. The number of hydrogen-bond acceptors (Lipinski definition) is 0. The van der Waals surface area contributed by atoms with Crippen molar-refractivity contribution in [2.24, 2.45) is 0 Å². The monoisotopic (exact) mass is 194 g/mol. The minimum atomic E-state index is -0.218. The van der Waals surface area contributed by atoms with Gasteiger partial charge in [-0.15, -0.1) is 11.6 Å². The van der Waals surface area contributed by atoms with Gasteiger partial charge in [0.1, 0.15) is 5.82 Å². The Morgan fingerprint density at radius 2 is 2.00 bits per heavy atom. The smallest absolute Gasteiger partial charge is 0.123 e. The molecule has 0 aliphatic rings. The molecule has 2 heteroatoms. The fourth-order valence-electron chi connectivity index (χ4n) is 1.43. The van der Waals surface area contributed by atoms with Crippen LogP contribution in [0.5, 0.6) is 0 Å². The lowest BCUT2D eigenvalue weighted by atomic mass is 10.1. The molecule has 0 aliphatic carbocycles. The molecule has 66 valence electrons. The summed E-state index contributed by atoms with van der Waals surface area (Å²) in [6, 6.07) is 10.5. The van der Waals surface area contributed by atoms with E-state index in [1.165, 1.54) is 12.1 Å². The summed E-state index contributed by atoms with van der Waals surface area (Å²) in [5, 5.41) is 1.93. The first-order chi connectivity index (χ1) is 6.31. The van der Waals surface area contributed by atoms with Crippen molar-refractivity contribution < 1.29 is 4.39 Å². The zero-order valence-corrected chi connectivity index (χ0v) is 7.68. The minimum Gasteiger partial charge on any atom is -0.207 e. The molecule has 0 saturated carbocycles. The molecular weight excluding hydrogens is 187 g/mol. The van der Waals surface area contributed by atoms with E-state index in [0.717, 1.165) is 16.3 Å². The topological polar surface area (TPSA) is 0 Å². The van der Waals surface area contributed by atoms with Crippen molar-refractivity contribution in [3.8, 4) is 0 Å². The number of alkyl halides is 1. The average molecular weight is 195 g/mol. The van der Waals surface area contributed by atoms with Gasteiger partial charge in [0.2, 0.25) is 0 Å². The van der Waals surface area contributed by atoms with Crippen molar-refractivity contribution in [1.29, 1.82) is 0 Å². The molecule has 0 atom stereocenters. The molecule has 2 aromatic carbocycles. The fraction of sp³-hybridized carbons (Fsp3) is 0.0909. The summed E-state index contributed by atoms with van der Waals surface area (Å²) in [6.45, 7) is 0. The van der Waals surface area contributed by atoms with Gasteiger partial charge < -0.3 is 0 Å². The predicted molar refractivity (Wildman–Crippen MR) is 53.5 cm³/mol.